The first kappa shape index (κ1) is 17.7. The molecule has 0 bridgehead atoms. The van der Waals surface area contributed by atoms with Crippen LogP contribution in [0.2, 0.25) is 0 Å². The molecule has 1 aromatic heterocycles. The fraction of sp³-hybridized carbons (Fsp3) is 0.269. The summed E-state index contributed by atoms with van der Waals surface area (Å²) >= 11 is 0. The highest BCUT2D eigenvalue weighted by Crippen LogP contribution is 2.28. The molecule has 0 aliphatic heterocycles. The van der Waals surface area contributed by atoms with Crippen molar-refractivity contribution in [3.8, 4) is 0 Å². The molecular weight excluding hydrogens is 326 g/mol. The van der Waals surface area contributed by atoms with Crippen LogP contribution in [-0.2, 0) is 11.8 Å². The molecule has 0 radical (unpaired) electrons. The van der Waals surface area contributed by atoms with E-state index >= 15 is 0 Å². The standard InChI is InChI=1S/C26H27N/c1-18(21-12-11-20-7-5-6-8-22(20)15-21)13-19-9-10-23-17-27-25(26(2,3)4)16-24(23)14-19/h5-12,14-18H,13H2,1-4H3. The van der Waals surface area contributed by atoms with Crippen molar-refractivity contribution in [2.24, 2.45) is 0 Å². The van der Waals surface area contributed by atoms with Crippen molar-refractivity contribution in [1.82, 2.24) is 4.98 Å². The van der Waals surface area contributed by atoms with Gasteiger partial charge in [-0.15, -0.1) is 0 Å². The lowest BCUT2D eigenvalue weighted by Crippen LogP contribution is -2.13. The van der Waals surface area contributed by atoms with Gasteiger partial charge in [-0.2, -0.15) is 0 Å². The molecule has 4 rings (SSSR count). The van der Waals surface area contributed by atoms with Crippen LogP contribution in [0.25, 0.3) is 21.5 Å². The van der Waals surface area contributed by atoms with E-state index < -0.39 is 0 Å². The van der Waals surface area contributed by atoms with Crippen molar-refractivity contribution in [3.63, 3.8) is 0 Å². The first-order chi connectivity index (χ1) is 12.9. The van der Waals surface area contributed by atoms with Crippen LogP contribution in [0, 0.1) is 0 Å². The Hall–Kier alpha value is -2.67. The second kappa shape index (κ2) is 6.81. The van der Waals surface area contributed by atoms with Crippen molar-refractivity contribution in [2.45, 2.75) is 45.4 Å². The quantitative estimate of drug-likeness (QED) is 0.385. The van der Waals surface area contributed by atoms with E-state index in [1.54, 1.807) is 0 Å². The van der Waals surface area contributed by atoms with E-state index in [4.69, 9.17) is 0 Å². The minimum atomic E-state index is 0.0720. The van der Waals surface area contributed by atoms with Gasteiger partial charge in [0.15, 0.2) is 0 Å². The Bertz CT molecular complexity index is 1100. The van der Waals surface area contributed by atoms with Crippen LogP contribution < -0.4 is 0 Å². The molecule has 136 valence electrons. The lowest BCUT2D eigenvalue weighted by Gasteiger charge is -2.18. The second-order valence-corrected chi connectivity index (χ2v) is 8.71. The lowest BCUT2D eigenvalue weighted by atomic mass is 9.89. The van der Waals surface area contributed by atoms with Crippen molar-refractivity contribution in [2.75, 3.05) is 0 Å². The van der Waals surface area contributed by atoms with Gasteiger partial charge in [-0.05, 0) is 45.7 Å². The molecule has 1 unspecified atom stereocenters. The van der Waals surface area contributed by atoms with E-state index in [9.17, 15) is 0 Å². The average molecular weight is 354 g/mol. The maximum Gasteiger partial charge on any atom is 0.0463 e. The third kappa shape index (κ3) is 3.73. The largest absolute Gasteiger partial charge is 0.260 e. The number of pyridine rings is 1. The van der Waals surface area contributed by atoms with Gasteiger partial charge >= 0.3 is 0 Å². The van der Waals surface area contributed by atoms with Gasteiger partial charge in [0, 0.05) is 22.7 Å². The fourth-order valence-electron chi connectivity index (χ4n) is 3.71. The number of rotatable bonds is 3. The van der Waals surface area contributed by atoms with Gasteiger partial charge in [0.25, 0.3) is 0 Å². The highest BCUT2D eigenvalue weighted by Gasteiger charge is 2.16. The molecule has 1 heteroatoms. The fourth-order valence-corrected chi connectivity index (χ4v) is 3.71. The summed E-state index contributed by atoms with van der Waals surface area (Å²) in [6, 6.07) is 24.5. The Balaban J connectivity index is 1.63. The molecule has 0 N–H and O–H groups in total. The Morgan fingerprint density at radius 1 is 0.778 bits per heavy atom. The molecular formula is C26H27N. The number of benzene rings is 3. The highest BCUT2D eigenvalue weighted by atomic mass is 14.7. The molecule has 0 amide bonds. The van der Waals surface area contributed by atoms with Crippen LogP contribution >= 0.6 is 0 Å². The topological polar surface area (TPSA) is 12.9 Å². The van der Waals surface area contributed by atoms with Crippen molar-refractivity contribution < 1.29 is 0 Å². The van der Waals surface area contributed by atoms with Crippen LogP contribution in [0.4, 0.5) is 0 Å². The third-order valence-electron chi connectivity index (χ3n) is 5.44. The molecule has 1 heterocycles. The van der Waals surface area contributed by atoms with Gasteiger partial charge in [0.1, 0.15) is 0 Å². The van der Waals surface area contributed by atoms with Crippen LogP contribution in [-0.4, -0.2) is 4.98 Å². The van der Waals surface area contributed by atoms with Crippen molar-refractivity contribution in [1.29, 1.82) is 0 Å². The van der Waals surface area contributed by atoms with Crippen LogP contribution in [0.3, 0.4) is 0 Å². The second-order valence-electron chi connectivity index (χ2n) is 8.71. The van der Waals surface area contributed by atoms with E-state index in [-0.39, 0.29) is 5.41 Å². The van der Waals surface area contributed by atoms with E-state index in [0.717, 1.165) is 12.1 Å². The summed E-state index contributed by atoms with van der Waals surface area (Å²) in [5.41, 5.74) is 4.01. The summed E-state index contributed by atoms with van der Waals surface area (Å²) < 4.78 is 0. The minimum absolute atomic E-state index is 0.0720. The van der Waals surface area contributed by atoms with Gasteiger partial charge in [0.2, 0.25) is 0 Å². The Morgan fingerprint density at radius 2 is 1.52 bits per heavy atom. The summed E-state index contributed by atoms with van der Waals surface area (Å²) in [6.45, 7) is 8.97. The molecule has 4 aromatic rings. The van der Waals surface area contributed by atoms with Crippen molar-refractivity contribution >= 4 is 21.5 Å². The molecule has 1 nitrogen and oxygen atoms in total. The summed E-state index contributed by atoms with van der Waals surface area (Å²) in [4.78, 5) is 4.65. The normalized spacial score (nSPS) is 13.2. The molecule has 0 fully saturated rings. The highest BCUT2D eigenvalue weighted by molar-refractivity contribution is 5.84. The number of nitrogens with zero attached hydrogens (tertiary/aromatic N) is 1. The summed E-state index contributed by atoms with van der Waals surface area (Å²) in [5.74, 6) is 0.482. The zero-order valence-corrected chi connectivity index (χ0v) is 16.7. The number of fused-ring (bicyclic) bond motifs is 2. The van der Waals surface area contributed by atoms with E-state index in [0.29, 0.717) is 5.92 Å². The third-order valence-corrected chi connectivity index (χ3v) is 5.44. The average Bonchev–Trinajstić information content (AvgIpc) is 2.66. The summed E-state index contributed by atoms with van der Waals surface area (Å²) in [5, 5.41) is 5.13. The first-order valence-electron chi connectivity index (χ1n) is 9.78. The molecule has 0 saturated carbocycles. The van der Waals surface area contributed by atoms with Crippen LogP contribution in [0.1, 0.15) is 50.4 Å². The van der Waals surface area contributed by atoms with Gasteiger partial charge in [-0.25, -0.2) is 0 Å². The summed E-state index contributed by atoms with van der Waals surface area (Å²) in [7, 11) is 0. The molecule has 0 saturated heterocycles. The Morgan fingerprint density at radius 3 is 2.30 bits per heavy atom. The van der Waals surface area contributed by atoms with Crippen LogP contribution in [0.5, 0.6) is 0 Å². The maximum absolute atomic E-state index is 4.65. The minimum Gasteiger partial charge on any atom is -0.260 e. The predicted octanol–water partition coefficient (Wildman–Crippen LogP) is 7.03. The molecule has 0 aliphatic rings. The van der Waals surface area contributed by atoms with E-state index in [2.05, 4.69) is 99.4 Å². The number of hydrogen-bond donors (Lipinski definition) is 0. The maximum atomic E-state index is 4.65. The first-order valence-corrected chi connectivity index (χ1v) is 9.78. The Kier molecular flexibility index (Phi) is 4.47. The van der Waals surface area contributed by atoms with E-state index in [1.165, 1.54) is 32.7 Å². The van der Waals surface area contributed by atoms with Gasteiger partial charge in [0.05, 0.1) is 0 Å². The monoisotopic (exact) mass is 353 g/mol. The zero-order chi connectivity index (χ0) is 19.0. The lowest BCUT2D eigenvalue weighted by molar-refractivity contribution is 0.570. The van der Waals surface area contributed by atoms with E-state index in [1.807, 2.05) is 6.20 Å². The molecule has 1 atom stereocenters. The van der Waals surface area contributed by atoms with Crippen LogP contribution in [0.15, 0.2) is 72.9 Å². The van der Waals surface area contributed by atoms with Gasteiger partial charge < -0.3 is 0 Å². The van der Waals surface area contributed by atoms with Gasteiger partial charge in [-0.3, -0.25) is 4.98 Å². The SMILES string of the molecule is CC(Cc1ccc2cnc(C(C)(C)C)cc2c1)c1ccc2ccccc2c1. The molecule has 0 aliphatic carbocycles. The number of aromatic nitrogens is 1. The predicted molar refractivity (Wildman–Crippen MR) is 117 cm³/mol. The van der Waals surface area contributed by atoms with Crippen molar-refractivity contribution in [3.05, 3.63) is 89.7 Å². The molecule has 0 spiro atoms. The molecule has 3 aromatic carbocycles. The molecule has 27 heavy (non-hydrogen) atoms. The number of hydrogen-bond acceptors (Lipinski definition) is 1. The smallest absolute Gasteiger partial charge is 0.0463 e. The Labute approximate surface area is 162 Å². The zero-order valence-electron chi connectivity index (χ0n) is 16.7. The van der Waals surface area contributed by atoms with Gasteiger partial charge in [-0.1, -0.05) is 88.4 Å². The summed E-state index contributed by atoms with van der Waals surface area (Å²) in [6.07, 6.45) is 3.05.